The first-order chi connectivity index (χ1) is 6.65. The maximum absolute atomic E-state index is 12.8. The summed E-state index contributed by atoms with van der Waals surface area (Å²) < 4.78 is 12.5. The van der Waals surface area contributed by atoms with E-state index in [1.54, 1.807) is 12.1 Å². The van der Waals surface area contributed by atoms with E-state index in [2.05, 4.69) is 6.07 Å². The van der Waals surface area contributed by atoms with Gasteiger partial charge in [-0.2, -0.15) is 5.26 Å². The summed E-state index contributed by atoms with van der Waals surface area (Å²) in [5, 5.41) is 8.98. The lowest BCUT2D eigenvalue weighted by molar-refractivity contribution is 0.627. The van der Waals surface area contributed by atoms with Crippen LogP contribution in [0.3, 0.4) is 0 Å². The maximum Gasteiger partial charge on any atom is 0.141 e. The van der Waals surface area contributed by atoms with E-state index in [1.807, 2.05) is 0 Å². The monoisotopic (exact) mass is 227 g/mol. The summed E-state index contributed by atoms with van der Waals surface area (Å²) in [7, 11) is 0. The number of benzene rings is 1. The normalized spacial score (nSPS) is 17.5. The second-order valence-corrected chi connectivity index (χ2v) is 5.15. The largest absolute Gasteiger partial charge is 0.205 e. The topological polar surface area (TPSA) is 23.8 Å². The molecule has 0 unspecified atom stereocenters. The molecule has 0 heterocycles. The summed E-state index contributed by atoms with van der Waals surface area (Å²) in [5.41, 5.74) is 0. The zero-order valence-electron chi connectivity index (χ0n) is 7.26. The van der Waals surface area contributed by atoms with Gasteiger partial charge in [0, 0.05) is 4.90 Å². The lowest BCUT2D eigenvalue weighted by Crippen LogP contribution is -1.96. The van der Waals surface area contributed by atoms with Crippen molar-refractivity contribution in [2.24, 2.45) is 0 Å². The van der Waals surface area contributed by atoms with E-state index in [-0.39, 0.29) is 9.77 Å². The molecule has 0 aliphatic heterocycles. The van der Waals surface area contributed by atoms with Gasteiger partial charge in [-0.3, -0.25) is 0 Å². The van der Waals surface area contributed by atoms with Crippen LogP contribution in [0.1, 0.15) is 12.8 Å². The molecule has 1 aliphatic rings. The molecule has 1 aliphatic carbocycles. The number of rotatable bonds is 2. The minimum atomic E-state index is -0.419. The molecule has 0 bridgehead atoms. The van der Waals surface area contributed by atoms with Crippen molar-refractivity contribution >= 4 is 23.4 Å². The fourth-order valence-corrected chi connectivity index (χ4v) is 2.48. The fraction of sp³-hybridized carbons (Fsp3) is 0.300. The molecule has 1 nitrogen and oxygen atoms in total. The van der Waals surface area contributed by atoms with E-state index in [9.17, 15) is 4.39 Å². The van der Waals surface area contributed by atoms with E-state index in [0.29, 0.717) is 0 Å². The van der Waals surface area contributed by atoms with Crippen molar-refractivity contribution in [3.05, 3.63) is 29.0 Å². The Labute approximate surface area is 90.9 Å². The number of nitrogens with zero attached hydrogens (tertiary/aromatic N) is 1. The molecule has 1 aromatic carbocycles. The van der Waals surface area contributed by atoms with Crippen molar-refractivity contribution in [3.8, 4) is 6.07 Å². The van der Waals surface area contributed by atoms with E-state index in [4.69, 9.17) is 16.9 Å². The summed E-state index contributed by atoms with van der Waals surface area (Å²) in [6, 6.07) is 6.82. The average Bonchev–Trinajstić information content (AvgIpc) is 2.93. The highest BCUT2D eigenvalue weighted by molar-refractivity contribution is 8.01. The van der Waals surface area contributed by atoms with Crippen LogP contribution in [0, 0.1) is 17.1 Å². The van der Waals surface area contributed by atoms with Gasteiger partial charge in [0.2, 0.25) is 0 Å². The predicted molar refractivity (Wildman–Crippen MR) is 54.8 cm³/mol. The first kappa shape index (κ1) is 9.82. The number of hydrogen-bond acceptors (Lipinski definition) is 2. The maximum atomic E-state index is 12.8. The van der Waals surface area contributed by atoms with Gasteiger partial charge in [-0.15, -0.1) is 11.8 Å². The Balaban J connectivity index is 2.19. The molecule has 72 valence electrons. The smallest absolute Gasteiger partial charge is 0.141 e. The molecule has 14 heavy (non-hydrogen) atoms. The van der Waals surface area contributed by atoms with Gasteiger partial charge in [-0.1, -0.05) is 11.6 Å². The Morgan fingerprint density at radius 3 is 2.71 bits per heavy atom. The Morgan fingerprint density at radius 2 is 2.21 bits per heavy atom. The number of thioether (sulfide) groups is 1. The highest BCUT2D eigenvalue weighted by Gasteiger charge is 2.44. The molecule has 0 N–H and O–H groups in total. The third kappa shape index (κ3) is 1.87. The van der Waals surface area contributed by atoms with Crippen LogP contribution in [0.15, 0.2) is 23.1 Å². The van der Waals surface area contributed by atoms with Gasteiger partial charge >= 0.3 is 0 Å². The fourth-order valence-electron chi connectivity index (χ4n) is 1.12. The van der Waals surface area contributed by atoms with Gasteiger partial charge in [0.1, 0.15) is 10.6 Å². The molecule has 0 radical (unpaired) electrons. The van der Waals surface area contributed by atoms with Crippen molar-refractivity contribution in [2.75, 3.05) is 0 Å². The predicted octanol–water partition coefficient (Wildman–Crippen LogP) is 3.63. The first-order valence-corrected chi connectivity index (χ1v) is 5.40. The molecular formula is C10H7ClFNS. The van der Waals surface area contributed by atoms with Crippen LogP contribution in [-0.4, -0.2) is 4.75 Å². The molecule has 0 amide bonds. The Morgan fingerprint density at radius 1 is 1.50 bits per heavy atom. The van der Waals surface area contributed by atoms with E-state index >= 15 is 0 Å². The molecular weight excluding hydrogens is 221 g/mol. The molecule has 4 heteroatoms. The molecule has 0 aromatic heterocycles. The number of nitriles is 1. The second kappa shape index (κ2) is 3.45. The van der Waals surface area contributed by atoms with Crippen LogP contribution >= 0.6 is 23.4 Å². The lowest BCUT2D eigenvalue weighted by Gasteiger charge is -2.05. The van der Waals surface area contributed by atoms with Crippen molar-refractivity contribution in [1.82, 2.24) is 0 Å². The molecule has 0 saturated heterocycles. The van der Waals surface area contributed by atoms with E-state index in [1.165, 1.54) is 17.8 Å². The van der Waals surface area contributed by atoms with E-state index < -0.39 is 5.82 Å². The van der Waals surface area contributed by atoms with Crippen LogP contribution in [0.5, 0.6) is 0 Å². The Kier molecular flexibility index (Phi) is 2.42. The number of hydrogen-bond donors (Lipinski definition) is 0. The quantitative estimate of drug-likeness (QED) is 0.771. The third-order valence-electron chi connectivity index (χ3n) is 2.11. The molecule has 0 spiro atoms. The van der Waals surface area contributed by atoms with Crippen molar-refractivity contribution in [3.63, 3.8) is 0 Å². The van der Waals surface area contributed by atoms with Gasteiger partial charge in [0.15, 0.2) is 0 Å². The highest BCUT2D eigenvalue weighted by atomic mass is 35.5. The zero-order chi connectivity index (χ0) is 10.2. The third-order valence-corrected chi connectivity index (χ3v) is 3.78. The van der Waals surface area contributed by atoms with Crippen molar-refractivity contribution < 1.29 is 4.39 Å². The molecule has 1 aromatic rings. The minimum absolute atomic E-state index is 0.115. The van der Waals surface area contributed by atoms with Gasteiger partial charge in [-0.25, -0.2) is 4.39 Å². The SMILES string of the molecule is N#CC1(Sc2ccc(F)c(Cl)c2)CC1. The molecule has 1 fully saturated rings. The van der Waals surface area contributed by atoms with Gasteiger partial charge < -0.3 is 0 Å². The minimum Gasteiger partial charge on any atom is -0.205 e. The molecule has 0 atom stereocenters. The Hall–Kier alpha value is -0.720. The number of halogens is 2. The summed E-state index contributed by atoms with van der Waals surface area (Å²) in [6.45, 7) is 0. The zero-order valence-corrected chi connectivity index (χ0v) is 8.83. The standard InChI is InChI=1S/C10H7ClFNS/c11-8-5-7(1-2-9(8)12)14-10(6-13)3-4-10/h1-2,5H,3-4H2. The van der Waals surface area contributed by atoms with Crippen LogP contribution in [0.2, 0.25) is 5.02 Å². The summed E-state index contributed by atoms with van der Waals surface area (Å²) >= 11 is 7.10. The van der Waals surface area contributed by atoms with Crippen LogP contribution in [0.4, 0.5) is 4.39 Å². The van der Waals surface area contributed by atoms with Crippen LogP contribution in [-0.2, 0) is 0 Å². The second-order valence-electron chi connectivity index (χ2n) is 3.28. The summed E-state index contributed by atoms with van der Waals surface area (Å²) in [4.78, 5) is 0.857. The van der Waals surface area contributed by atoms with Crippen molar-refractivity contribution in [1.29, 1.82) is 5.26 Å². The van der Waals surface area contributed by atoms with E-state index in [0.717, 1.165) is 17.7 Å². The lowest BCUT2D eigenvalue weighted by atomic mass is 10.3. The first-order valence-electron chi connectivity index (χ1n) is 4.20. The summed E-state index contributed by atoms with van der Waals surface area (Å²) in [6.07, 6.45) is 1.81. The van der Waals surface area contributed by atoms with Crippen LogP contribution < -0.4 is 0 Å². The molecule has 1 saturated carbocycles. The van der Waals surface area contributed by atoms with Gasteiger partial charge in [0.05, 0.1) is 11.1 Å². The highest BCUT2D eigenvalue weighted by Crippen LogP contribution is 2.51. The van der Waals surface area contributed by atoms with Gasteiger partial charge in [0.25, 0.3) is 0 Å². The van der Waals surface area contributed by atoms with Gasteiger partial charge in [-0.05, 0) is 31.0 Å². The Bertz CT molecular complexity index is 409. The summed E-state index contributed by atoms with van der Waals surface area (Å²) in [5.74, 6) is -0.419. The van der Waals surface area contributed by atoms with Crippen molar-refractivity contribution in [2.45, 2.75) is 22.5 Å². The van der Waals surface area contributed by atoms with Crippen LogP contribution in [0.25, 0.3) is 0 Å². The molecule has 2 rings (SSSR count). The average molecular weight is 228 g/mol.